The first-order chi connectivity index (χ1) is 4.30. The van der Waals surface area contributed by atoms with Gasteiger partial charge < -0.3 is 4.74 Å². The number of carbonyl (C=O) groups is 1. The van der Waals surface area contributed by atoms with Gasteiger partial charge in [-0.05, 0) is 19.3 Å². The number of rotatable bonds is 1. The van der Waals surface area contributed by atoms with Gasteiger partial charge in [-0.3, -0.25) is 4.79 Å². The lowest BCUT2D eigenvalue weighted by molar-refractivity contribution is -0.128. The minimum absolute atomic E-state index is 0.0744. The molecule has 1 rings (SSSR count). The topological polar surface area (TPSA) is 26.3 Å². The second-order valence-electron chi connectivity index (χ2n) is 2.32. The Balaban J connectivity index is 2.31. The van der Waals surface area contributed by atoms with Crippen LogP contribution >= 0.6 is 0 Å². The molecule has 1 unspecified atom stereocenters. The maximum Gasteiger partial charge on any atom is 0.161 e. The van der Waals surface area contributed by atoms with Gasteiger partial charge in [-0.1, -0.05) is 0 Å². The average Bonchev–Trinajstić information content (AvgIpc) is 1.90. The fourth-order valence-electron chi connectivity index (χ4n) is 0.995. The quantitative estimate of drug-likeness (QED) is 0.524. The Labute approximate surface area is 55.2 Å². The third-order valence-electron chi connectivity index (χ3n) is 1.54. The number of hydrogen-bond acceptors (Lipinski definition) is 2. The van der Waals surface area contributed by atoms with E-state index < -0.39 is 0 Å². The Kier molecular flexibility index (Phi) is 2.22. The molecule has 0 N–H and O–H groups in total. The van der Waals surface area contributed by atoms with Crippen molar-refractivity contribution in [2.45, 2.75) is 25.4 Å². The van der Waals surface area contributed by atoms with E-state index in [4.69, 9.17) is 4.74 Å². The number of hydrogen-bond donors (Lipinski definition) is 0. The summed E-state index contributed by atoms with van der Waals surface area (Å²) in [4.78, 5) is 10.6. The minimum atomic E-state index is -0.196. The molecule has 2 nitrogen and oxygen atoms in total. The van der Waals surface area contributed by atoms with Crippen LogP contribution in [-0.2, 0) is 9.53 Å². The van der Waals surface area contributed by atoms with E-state index in [1.165, 1.54) is 0 Å². The van der Waals surface area contributed by atoms with Crippen LogP contribution in [0.2, 0.25) is 0 Å². The molecule has 1 fully saturated rings. The monoisotopic (exact) mass is 127 g/mol. The Morgan fingerprint density at radius 1 is 1.56 bits per heavy atom. The zero-order valence-corrected chi connectivity index (χ0v) is 5.43. The van der Waals surface area contributed by atoms with Gasteiger partial charge in [0.1, 0.15) is 6.10 Å². The van der Waals surface area contributed by atoms with Crippen LogP contribution in [0.1, 0.15) is 19.3 Å². The van der Waals surface area contributed by atoms with Gasteiger partial charge in [-0.15, -0.1) is 0 Å². The molecule has 2 heteroatoms. The number of carbonyl (C=O) groups excluding carboxylic acids is 1. The maximum absolute atomic E-state index is 10.6. The largest absolute Gasteiger partial charge is 0.370 e. The van der Waals surface area contributed by atoms with Crippen LogP contribution in [0, 0.1) is 6.92 Å². The zero-order valence-electron chi connectivity index (χ0n) is 5.43. The highest BCUT2D eigenvalue weighted by Crippen LogP contribution is 2.12. The summed E-state index contributed by atoms with van der Waals surface area (Å²) in [6.45, 7) is 4.03. The highest BCUT2D eigenvalue weighted by molar-refractivity contribution is 5.86. The normalized spacial score (nSPS) is 27.9. The molecule has 1 heterocycles. The second kappa shape index (κ2) is 2.97. The number of ketones is 1. The van der Waals surface area contributed by atoms with Crippen LogP contribution in [0.5, 0.6) is 0 Å². The highest BCUT2D eigenvalue weighted by atomic mass is 16.5. The molecule has 1 aliphatic heterocycles. The van der Waals surface area contributed by atoms with Crippen LogP contribution < -0.4 is 0 Å². The summed E-state index contributed by atoms with van der Waals surface area (Å²) in [6.07, 6.45) is 2.86. The Bertz CT molecular complexity index is 103. The first kappa shape index (κ1) is 6.75. The fourth-order valence-corrected chi connectivity index (χ4v) is 0.995. The smallest absolute Gasteiger partial charge is 0.161 e. The molecule has 1 radical (unpaired) electrons. The second-order valence-corrected chi connectivity index (χ2v) is 2.32. The van der Waals surface area contributed by atoms with E-state index in [0.29, 0.717) is 0 Å². The Hall–Kier alpha value is -0.370. The van der Waals surface area contributed by atoms with Gasteiger partial charge in [-0.25, -0.2) is 0 Å². The summed E-state index contributed by atoms with van der Waals surface area (Å²) in [5.74, 6) is -0.0744. The lowest BCUT2D eigenvalue weighted by atomic mass is 10.1. The molecule has 0 aromatic rings. The molecule has 0 aromatic heterocycles. The molecule has 0 aliphatic carbocycles. The first-order valence-corrected chi connectivity index (χ1v) is 3.28. The molecule has 0 bridgehead atoms. The van der Waals surface area contributed by atoms with E-state index in [1.807, 2.05) is 0 Å². The summed E-state index contributed by atoms with van der Waals surface area (Å²) in [5, 5.41) is 0. The van der Waals surface area contributed by atoms with Gasteiger partial charge in [-0.2, -0.15) is 0 Å². The third kappa shape index (κ3) is 1.79. The van der Waals surface area contributed by atoms with E-state index in [1.54, 1.807) is 0 Å². The molecule has 1 aliphatic rings. The molecule has 0 aromatic carbocycles. The summed E-state index contributed by atoms with van der Waals surface area (Å²) in [6, 6.07) is 0. The van der Waals surface area contributed by atoms with Crippen molar-refractivity contribution in [3.63, 3.8) is 0 Å². The lowest BCUT2D eigenvalue weighted by Gasteiger charge is -2.19. The molecule has 1 atom stereocenters. The third-order valence-corrected chi connectivity index (χ3v) is 1.54. The average molecular weight is 127 g/mol. The van der Waals surface area contributed by atoms with Gasteiger partial charge in [0.25, 0.3) is 0 Å². The molecule has 0 amide bonds. The van der Waals surface area contributed by atoms with E-state index in [2.05, 4.69) is 6.92 Å². The number of ether oxygens (including phenoxy) is 1. The van der Waals surface area contributed by atoms with E-state index in [0.717, 1.165) is 25.9 Å². The summed E-state index contributed by atoms with van der Waals surface area (Å²) in [5.41, 5.74) is 0. The summed E-state index contributed by atoms with van der Waals surface area (Å²) in [7, 11) is 0. The highest BCUT2D eigenvalue weighted by Gasteiger charge is 2.17. The zero-order chi connectivity index (χ0) is 6.69. The van der Waals surface area contributed by atoms with Crippen LogP contribution in [0.15, 0.2) is 0 Å². The van der Waals surface area contributed by atoms with Crippen LogP contribution in [0.4, 0.5) is 0 Å². The van der Waals surface area contributed by atoms with Crippen molar-refractivity contribution in [2.24, 2.45) is 0 Å². The lowest BCUT2D eigenvalue weighted by Crippen LogP contribution is -2.25. The van der Waals surface area contributed by atoms with Crippen molar-refractivity contribution in [1.82, 2.24) is 0 Å². The SMILES string of the molecule is [CH2]C(=O)C1CCCCO1. The first-order valence-electron chi connectivity index (χ1n) is 3.28. The minimum Gasteiger partial charge on any atom is -0.370 e. The van der Waals surface area contributed by atoms with Crippen molar-refractivity contribution in [2.75, 3.05) is 6.61 Å². The van der Waals surface area contributed by atoms with Gasteiger partial charge in [0.2, 0.25) is 0 Å². The van der Waals surface area contributed by atoms with Crippen molar-refractivity contribution < 1.29 is 9.53 Å². The van der Waals surface area contributed by atoms with E-state index >= 15 is 0 Å². The van der Waals surface area contributed by atoms with Gasteiger partial charge in [0.05, 0.1) is 0 Å². The Morgan fingerprint density at radius 3 is 2.67 bits per heavy atom. The van der Waals surface area contributed by atoms with E-state index in [9.17, 15) is 4.79 Å². The van der Waals surface area contributed by atoms with Gasteiger partial charge >= 0.3 is 0 Å². The van der Waals surface area contributed by atoms with Crippen LogP contribution in [0.3, 0.4) is 0 Å². The van der Waals surface area contributed by atoms with Crippen molar-refractivity contribution >= 4 is 5.78 Å². The predicted molar refractivity (Wildman–Crippen MR) is 34.0 cm³/mol. The van der Waals surface area contributed by atoms with Crippen LogP contribution in [-0.4, -0.2) is 18.5 Å². The molecule has 51 valence electrons. The molecular weight excluding hydrogens is 116 g/mol. The molecule has 1 saturated heterocycles. The fraction of sp³-hybridized carbons (Fsp3) is 0.714. The van der Waals surface area contributed by atoms with Gasteiger partial charge in [0.15, 0.2) is 5.78 Å². The molecule has 0 spiro atoms. The molecule has 9 heavy (non-hydrogen) atoms. The summed E-state index contributed by atoms with van der Waals surface area (Å²) < 4.78 is 5.13. The predicted octanol–water partition coefficient (Wildman–Crippen LogP) is 0.959. The van der Waals surface area contributed by atoms with Gasteiger partial charge in [0, 0.05) is 13.5 Å². The number of Topliss-reactive ketones (excluding diaryl/α,β-unsaturated/α-hetero) is 1. The maximum atomic E-state index is 10.6. The Morgan fingerprint density at radius 2 is 2.33 bits per heavy atom. The molecular formula is C7H11O2. The van der Waals surface area contributed by atoms with Crippen molar-refractivity contribution in [3.8, 4) is 0 Å². The van der Waals surface area contributed by atoms with E-state index in [-0.39, 0.29) is 11.9 Å². The van der Waals surface area contributed by atoms with Crippen LogP contribution in [0.25, 0.3) is 0 Å². The van der Waals surface area contributed by atoms with Crippen molar-refractivity contribution in [3.05, 3.63) is 6.92 Å². The summed E-state index contributed by atoms with van der Waals surface area (Å²) >= 11 is 0. The molecule has 0 saturated carbocycles. The standard InChI is InChI=1S/C7H11O2/c1-6(8)7-4-2-3-5-9-7/h7H,1-5H2. The van der Waals surface area contributed by atoms with Crippen molar-refractivity contribution in [1.29, 1.82) is 0 Å².